The van der Waals surface area contributed by atoms with E-state index in [0.29, 0.717) is 10.6 Å². The monoisotopic (exact) mass is 206 g/mol. The summed E-state index contributed by atoms with van der Waals surface area (Å²) >= 11 is 1.51. The highest BCUT2D eigenvalue weighted by atomic mass is 32.1. The SMILES string of the molecule is N[N+](=O)c1cccc(-c2cscn2)c1. The maximum absolute atomic E-state index is 10.8. The van der Waals surface area contributed by atoms with Crippen LogP contribution in [0.25, 0.3) is 11.3 Å². The molecule has 0 aliphatic rings. The molecular weight excluding hydrogens is 198 g/mol. The molecule has 0 unspecified atom stereocenters. The summed E-state index contributed by atoms with van der Waals surface area (Å²) in [6.07, 6.45) is 0. The van der Waals surface area contributed by atoms with Crippen LogP contribution in [0, 0.1) is 4.91 Å². The molecule has 0 fully saturated rings. The number of hydrazine groups is 1. The van der Waals surface area contributed by atoms with Crippen molar-refractivity contribution in [3.8, 4) is 11.3 Å². The Morgan fingerprint density at radius 3 is 2.93 bits per heavy atom. The van der Waals surface area contributed by atoms with E-state index in [1.807, 2.05) is 11.4 Å². The van der Waals surface area contributed by atoms with Crippen molar-refractivity contribution in [1.82, 2.24) is 4.98 Å². The first-order valence-electron chi connectivity index (χ1n) is 3.98. The number of aromatic nitrogens is 1. The van der Waals surface area contributed by atoms with Crippen LogP contribution in [-0.4, -0.2) is 9.85 Å². The number of hydrogen-bond donors (Lipinski definition) is 1. The summed E-state index contributed by atoms with van der Waals surface area (Å²) in [5.41, 5.74) is 3.93. The minimum atomic E-state index is 0.343. The number of nitrogens with two attached hydrogens (primary N) is 1. The van der Waals surface area contributed by atoms with Gasteiger partial charge in [-0.1, -0.05) is 12.1 Å². The molecule has 0 bridgehead atoms. The van der Waals surface area contributed by atoms with Crippen molar-refractivity contribution < 1.29 is 4.87 Å². The van der Waals surface area contributed by atoms with E-state index < -0.39 is 0 Å². The fraction of sp³-hybridized carbons (Fsp3) is 0. The first-order valence-corrected chi connectivity index (χ1v) is 4.92. The molecule has 0 amide bonds. The Morgan fingerprint density at radius 2 is 2.29 bits per heavy atom. The number of nitroso groups, excluding NO2 is 1. The second-order valence-electron chi connectivity index (χ2n) is 2.75. The third kappa shape index (κ3) is 1.62. The summed E-state index contributed by atoms with van der Waals surface area (Å²) in [6, 6.07) is 7.04. The molecule has 2 rings (SSSR count). The molecule has 0 radical (unpaired) electrons. The van der Waals surface area contributed by atoms with Crippen molar-refractivity contribution in [3.05, 3.63) is 40.1 Å². The van der Waals surface area contributed by atoms with Gasteiger partial charge in [0.2, 0.25) is 0 Å². The fourth-order valence-electron chi connectivity index (χ4n) is 1.16. The lowest BCUT2D eigenvalue weighted by Crippen LogP contribution is -2.08. The molecule has 2 aromatic rings. The summed E-state index contributed by atoms with van der Waals surface area (Å²) in [5.74, 6) is 5.10. The highest BCUT2D eigenvalue weighted by Crippen LogP contribution is 2.22. The van der Waals surface area contributed by atoms with Gasteiger partial charge >= 0.3 is 0 Å². The molecule has 0 aliphatic carbocycles. The third-order valence-corrected chi connectivity index (χ3v) is 2.42. The van der Waals surface area contributed by atoms with Crippen LogP contribution < -0.4 is 5.84 Å². The zero-order chi connectivity index (χ0) is 9.97. The van der Waals surface area contributed by atoms with Crippen LogP contribution >= 0.6 is 11.3 Å². The average Bonchev–Trinajstić information content (AvgIpc) is 2.71. The van der Waals surface area contributed by atoms with E-state index in [4.69, 9.17) is 5.84 Å². The van der Waals surface area contributed by atoms with Gasteiger partial charge in [0.05, 0.1) is 16.1 Å². The van der Waals surface area contributed by atoms with Gasteiger partial charge in [-0.2, -0.15) is 5.84 Å². The summed E-state index contributed by atoms with van der Waals surface area (Å²) in [6.45, 7) is 0. The Bertz CT molecular complexity index is 453. The van der Waals surface area contributed by atoms with Crippen LogP contribution in [0.15, 0.2) is 35.2 Å². The van der Waals surface area contributed by atoms with Crippen LogP contribution in [0.1, 0.15) is 0 Å². The van der Waals surface area contributed by atoms with Crippen LogP contribution in [0.2, 0.25) is 0 Å². The van der Waals surface area contributed by atoms with Crippen molar-refractivity contribution >= 4 is 17.0 Å². The van der Waals surface area contributed by atoms with Gasteiger partial charge < -0.3 is 0 Å². The molecule has 0 saturated carbocycles. The second kappa shape index (κ2) is 3.55. The lowest BCUT2D eigenvalue weighted by molar-refractivity contribution is -0.474. The molecule has 0 saturated heterocycles. The van der Waals surface area contributed by atoms with E-state index in [1.54, 1.807) is 23.7 Å². The zero-order valence-electron chi connectivity index (χ0n) is 7.25. The van der Waals surface area contributed by atoms with Gasteiger partial charge in [-0.25, -0.2) is 4.98 Å². The fourth-order valence-corrected chi connectivity index (χ4v) is 1.72. The van der Waals surface area contributed by atoms with E-state index in [0.717, 1.165) is 11.3 Å². The van der Waals surface area contributed by atoms with E-state index in [1.165, 1.54) is 11.3 Å². The molecule has 1 aromatic heterocycles. The maximum atomic E-state index is 10.8. The number of hydrogen-bond acceptors (Lipinski definition) is 3. The van der Waals surface area contributed by atoms with Crippen molar-refractivity contribution in [2.45, 2.75) is 0 Å². The van der Waals surface area contributed by atoms with Gasteiger partial charge in [-0.05, 0) is 0 Å². The second-order valence-corrected chi connectivity index (χ2v) is 3.47. The number of thiazole rings is 1. The predicted octanol–water partition coefficient (Wildman–Crippen LogP) is 2.09. The first-order chi connectivity index (χ1) is 6.77. The largest absolute Gasteiger partial charge is 0.292 e. The minimum Gasteiger partial charge on any atom is -0.245 e. The van der Waals surface area contributed by atoms with Crippen molar-refractivity contribution in [1.29, 1.82) is 0 Å². The van der Waals surface area contributed by atoms with Gasteiger partial charge in [0, 0.05) is 23.1 Å². The van der Waals surface area contributed by atoms with Gasteiger partial charge in [-0.3, -0.25) is 0 Å². The van der Waals surface area contributed by atoms with E-state index in [9.17, 15) is 4.91 Å². The zero-order valence-corrected chi connectivity index (χ0v) is 8.07. The van der Waals surface area contributed by atoms with Crippen LogP contribution in [0.5, 0.6) is 0 Å². The van der Waals surface area contributed by atoms with E-state index >= 15 is 0 Å². The van der Waals surface area contributed by atoms with Crippen molar-refractivity contribution in [3.63, 3.8) is 0 Å². The Labute approximate surface area is 84.6 Å². The Morgan fingerprint density at radius 1 is 1.43 bits per heavy atom. The van der Waals surface area contributed by atoms with E-state index in [2.05, 4.69) is 4.98 Å². The molecule has 0 spiro atoms. The molecule has 1 aromatic carbocycles. The Balaban J connectivity index is 2.46. The van der Waals surface area contributed by atoms with Gasteiger partial charge in [0.25, 0.3) is 5.69 Å². The molecular formula is C9H8N3OS+. The topological polar surface area (TPSA) is 59.0 Å². The van der Waals surface area contributed by atoms with Crippen LogP contribution in [0.3, 0.4) is 0 Å². The van der Waals surface area contributed by atoms with Gasteiger partial charge in [0.1, 0.15) is 0 Å². The molecule has 0 atom stereocenters. The Kier molecular flexibility index (Phi) is 2.24. The normalized spacial score (nSPS) is 10.0. The molecule has 4 nitrogen and oxygen atoms in total. The molecule has 70 valence electrons. The van der Waals surface area contributed by atoms with Gasteiger partial charge in [-0.15, -0.1) is 11.3 Å². The minimum absolute atomic E-state index is 0.343. The average molecular weight is 206 g/mol. The van der Waals surface area contributed by atoms with Crippen LogP contribution in [0.4, 0.5) is 5.69 Å². The van der Waals surface area contributed by atoms with E-state index in [-0.39, 0.29) is 0 Å². The highest BCUT2D eigenvalue weighted by molar-refractivity contribution is 7.07. The summed E-state index contributed by atoms with van der Waals surface area (Å²) in [4.78, 5) is 15.3. The molecule has 2 N–H and O–H groups in total. The standard InChI is InChI=1S/C9H8N3OS/c10-12(13)8-3-1-2-7(4-8)9-5-14-6-11-9/h1-6H,(H2,10,13)/q+1. The quantitative estimate of drug-likeness (QED) is 0.465. The predicted molar refractivity (Wildman–Crippen MR) is 55.0 cm³/mol. The summed E-state index contributed by atoms with van der Waals surface area (Å²) in [7, 11) is 0. The highest BCUT2D eigenvalue weighted by Gasteiger charge is 2.09. The molecule has 0 aliphatic heterocycles. The maximum Gasteiger partial charge on any atom is 0.292 e. The molecule has 14 heavy (non-hydrogen) atoms. The summed E-state index contributed by atoms with van der Waals surface area (Å²) < 4.78 is 0. The number of nitrogens with zero attached hydrogens (tertiary/aromatic N) is 2. The van der Waals surface area contributed by atoms with Crippen molar-refractivity contribution in [2.75, 3.05) is 0 Å². The van der Waals surface area contributed by atoms with Crippen LogP contribution in [-0.2, 0) is 0 Å². The van der Waals surface area contributed by atoms with Gasteiger partial charge in [0.15, 0.2) is 4.87 Å². The molecule has 1 heterocycles. The Hall–Kier alpha value is -1.75. The third-order valence-electron chi connectivity index (χ3n) is 1.83. The number of rotatable bonds is 2. The lowest BCUT2D eigenvalue weighted by atomic mass is 10.1. The molecule has 5 heteroatoms. The number of benzene rings is 1. The first kappa shape index (κ1) is 8.83. The van der Waals surface area contributed by atoms with Crippen molar-refractivity contribution in [2.24, 2.45) is 5.84 Å². The summed E-state index contributed by atoms with van der Waals surface area (Å²) in [5, 5.41) is 1.92. The lowest BCUT2D eigenvalue weighted by Gasteiger charge is -1.94. The smallest absolute Gasteiger partial charge is 0.245 e.